The molecule has 2 rings (SSSR count). The molecule has 0 aliphatic carbocycles. The number of hydrogen-bond acceptors (Lipinski definition) is 3. The highest BCUT2D eigenvalue weighted by Gasteiger charge is 2.11. The Kier molecular flexibility index (Phi) is 3.05. The number of rotatable bonds is 2. The second-order valence-corrected chi connectivity index (χ2v) is 4.65. The van der Waals surface area contributed by atoms with Gasteiger partial charge < -0.3 is 5.11 Å². The average molecular weight is 240 g/mol. The van der Waals surface area contributed by atoms with Gasteiger partial charge in [0.25, 0.3) is 0 Å². The number of nitrogens with zero attached hydrogens (tertiary/aromatic N) is 1. The Morgan fingerprint density at radius 3 is 2.73 bits per heavy atom. The van der Waals surface area contributed by atoms with E-state index in [0.717, 1.165) is 21.1 Å². The fourth-order valence-corrected chi connectivity index (χ4v) is 2.67. The molecule has 1 N–H and O–H groups in total. The van der Waals surface area contributed by atoms with Gasteiger partial charge in [0.05, 0.1) is 17.2 Å². The van der Waals surface area contributed by atoms with E-state index in [1.807, 2.05) is 31.2 Å². The van der Waals surface area contributed by atoms with Crippen molar-refractivity contribution in [2.24, 2.45) is 0 Å². The van der Waals surface area contributed by atoms with Gasteiger partial charge in [-0.15, -0.1) is 11.3 Å². The van der Waals surface area contributed by atoms with Crippen LogP contribution in [0.2, 0.25) is 5.02 Å². The summed E-state index contributed by atoms with van der Waals surface area (Å²) >= 11 is 7.58. The molecule has 0 aliphatic rings. The van der Waals surface area contributed by atoms with E-state index in [2.05, 4.69) is 4.98 Å². The van der Waals surface area contributed by atoms with Crippen LogP contribution in [0, 0.1) is 6.92 Å². The Bertz CT molecular complexity index is 481. The fourth-order valence-electron chi connectivity index (χ4n) is 1.42. The van der Waals surface area contributed by atoms with Crippen LogP contribution >= 0.6 is 22.9 Å². The molecule has 0 saturated carbocycles. The standard InChI is InChI=1S/C11H10ClNOS/c1-7-11(15-10(6-14)13-7)8-4-2-3-5-9(8)12/h2-5,14H,6H2,1H3. The normalized spacial score (nSPS) is 10.6. The first kappa shape index (κ1) is 10.6. The lowest BCUT2D eigenvalue weighted by molar-refractivity contribution is 0.281. The summed E-state index contributed by atoms with van der Waals surface area (Å²) in [6.07, 6.45) is 0. The molecule has 1 aromatic heterocycles. The van der Waals surface area contributed by atoms with Crippen molar-refractivity contribution in [3.05, 3.63) is 40.0 Å². The maximum absolute atomic E-state index is 9.01. The molecule has 0 fully saturated rings. The molecule has 0 amide bonds. The van der Waals surface area contributed by atoms with Crippen LogP contribution in [0.1, 0.15) is 10.7 Å². The first-order valence-electron chi connectivity index (χ1n) is 4.54. The number of thiazole rings is 1. The van der Waals surface area contributed by atoms with Gasteiger partial charge in [-0.2, -0.15) is 0 Å². The molecule has 0 saturated heterocycles. The molecule has 0 unspecified atom stereocenters. The number of benzene rings is 1. The van der Waals surface area contributed by atoms with Crippen LogP contribution in [-0.2, 0) is 6.61 Å². The average Bonchev–Trinajstić information content (AvgIpc) is 2.60. The van der Waals surface area contributed by atoms with E-state index in [4.69, 9.17) is 16.7 Å². The summed E-state index contributed by atoms with van der Waals surface area (Å²) in [6.45, 7) is 1.91. The summed E-state index contributed by atoms with van der Waals surface area (Å²) in [4.78, 5) is 5.29. The number of aliphatic hydroxyl groups excluding tert-OH is 1. The summed E-state index contributed by atoms with van der Waals surface area (Å²) in [5, 5.41) is 10.4. The first-order chi connectivity index (χ1) is 7.22. The number of aliphatic hydroxyl groups is 1. The Balaban J connectivity index is 2.54. The second kappa shape index (κ2) is 4.31. The van der Waals surface area contributed by atoms with E-state index in [0.29, 0.717) is 5.02 Å². The summed E-state index contributed by atoms with van der Waals surface area (Å²) in [7, 11) is 0. The van der Waals surface area contributed by atoms with Crippen LogP contribution < -0.4 is 0 Å². The van der Waals surface area contributed by atoms with Crippen molar-refractivity contribution in [1.29, 1.82) is 0 Å². The zero-order chi connectivity index (χ0) is 10.8. The smallest absolute Gasteiger partial charge is 0.119 e. The maximum Gasteiger partial charge on any atom is 0.119 e. The van der Waals surface area contributed by atoms with Gasteiger partial charge in [0.2, 0.25) is 0 Å². The molecule has 2 aromatic rings. The fraction of sp³-hybridized carbons (Fsp3) is 0.182. The number of aromatic nitrogens is 1. The highest BCUT2D eigenvalue weighted by molar-refractivity contribution is 7.15. The van der Waals surface area contributed by atoms with Crippen molar-refractivity contribution in [2.45, 2.75) is 13.5 Å². The van der Waals surface area contributed by atoms with Crippen molar-refractivity contribution in [3.63, 3.8) is 0 Å². The minimum Gasteiger partial charge on any atom is -0.389 e. The summed E-state index contributed by atoms with van der Waals surface area (Å²) in [6, 6.07) is 7.66. The second-order valence-electron chi connectivity index (χ2n) is 3.16. The number of aryl methyl sites for hydroxylation is 1. The van der Waals surface area contributed by atoms with E-state index in [1.54, 1.807) is 0 Å². The zero-order valence-corrected chi connectivity index (χ0v) is 9.77. The molecule has 1 heterocycles. The Labute approximate surface area is 97.2 Å². The lowest BCUT2D eigenvalue weighted by atomic mass is 10.2. The van der Waals surface area contributed by atoms with Crippen LogP contribution in [0.3, 0.4) is 0 Å². The molecule has 0 atom stereocenters. The van der Waals surface area contributed by atoms with Crippen LogP contribution in [0.5, 0.6) is 0 Å². The van der Waals surface area contributed by atoms with Gasteiger partial charge in [-0.3, -0.25) is 0 Å². The van der Waals surface area contributed by atoms with Crippen LogP contribution in [0.15, 0.2) is 24.3 Å². The van der Waals surface area contributed by atoms with E-state index < -0.39 is 0 Å². The molecule has 0 aliphatic heterocycles. The molecule has 2 nitrogen and oxygen atoms in total. The van der Waals surface area contributed by atoms with Gasteiger partial charge in [-0.1, -0.05) is 29.8 Å². The van der Waals surface area contributed by atoms with E-state index >= 15 is 0 Å². The van der Waals surface area contributed by atoms with E-state index in [-0.39, 0.29) is 6.61 Å². The quantitative estimate of drug-likeness (QED) is 0.873. The molecule has 0 bridgehead atoms. The largest absolute Gasteiger partial charge is 0.389 e. The molecular weight excluding hydrogens is 230 g/mol. The van der Waals surface area contributed by atoms with Gasteiger partial charge in [0.1, 0.15) is 5.01 Å². The van der Waals surface area contributed by atoms with Gasteiger partial charge in [0, 0.05) is 10.6 Å². The SMILES string of the molecule is Cc1nc(CO)sc1-c1ccccc1Cl. The van der Waals surface area contributed by atoms with Crippen molar-refractivity contribution in [2.75, 3.05) is 0 Å². The molecule has 0 spiro atoms. The highest BCUT2D eigenvalue weighted by Crippen LogP contribution is 2.34. The monoisotopic (exact) mass is 239 g/mol. The van der Waals surface area contributed by atoms with E-state index in [9.17, 15) is 0 Å². The summed E-state index contributed by atoms with van der Waals surface area (Å²) < 4.78 is 0. The molecule has 4 heteroatoms. The summed E-state index contributed by atoms with van der Waals surface area (Å²) in [5.41, 5.74) is 1.89. The van der Waals surface area contributed by atoms with E-state index in [1.165, 1.54) is 11.3 Å². The first-order valence-corrected chi connectivity index (χ1v) is 5.74. The van der Waals surface area contributed by atoms with Gasteiger partial charge >= 0.3 is 0 Å². The van der Waals surface area contributed by atoms with Crippen LogP contribution in [0.4, 0.5) is 0 Å². The third-order valence-corrected chi connectivity index (χ3v) is 3.60. The summed E-state index contributed by atoms with van der Waals surface area (Å²) in [5.74, 6) is 0. The molecule has 0 radical (unpaired) electrons. The maximum atomic E-state index is 9.01. The third-order valence-electron chi connectivity index (χ3n) is 2.09. The minimum absolute atomic E-state index is 0.0179. The van der Waals surface area contributed by atoms with Crippen molar-refractivity contribution >= 4 is 22.9 Å². The molecule has 78 valence electrons. The Hall–Kier alpha value is -0.900. The van der Waals surface area contributed by atoms with Crippen LogP contribution in [-0.4, -0.2) is 10.1 Å². The van der Waals surface area contributed by atoms with Gasteiger partial charge in [-0.25, -0.2) is 4.98 Å². The topological polar surface area (TPSA) is 33.1 Å². The van der Waals surface area contributed by atoms with Crippen LogP contribution in [0.25, 0.3) is 10.4 Å². The van der Waals surface area contributed by atoms with Crippen molar-refractivity contribution < 1.29 is 5.11 Å². The molecule has 15 heavy (non-hydrogen) atoms. The zero-order valence-electron chi connectivity index (χ0n) is 8.20. The molecule has 1 aromatic carbocycles. The Morgan fingerprint density at radius 2 is 2.13 bits per heavy atom. The van der Waals surface area contributed by atoms with Gasteiger partial charge in [0.15, 0.2) is 0 Å². The van der Waals surface area contributed by atoms with Crippen molar-refractivity contribution in [3.8, 4) is 10.4 Å². The minimum atomic E-state index is -0.0179. The van der Waals surface area contributed by atoms with Crippen molar-refractivity contribution in [1.82, 2.24) is 4.98 Å². The third kappa shape index (κ3) is 2.04. The highest BCUT2D eigenvalue weighted by atomic mass is 35.5. The predicted molar refractivity (Wildman–Crippen MR) is 63.2 cm³/mol. The lowest BCUT2D eigenvalue weighted by Gasteiger charge is -2.00. The lowest BCUT2D eigenvalue weighted by Crippen LogP contribution is -1.80. The number of halogens is 1. The number of hydrogen-bond donors (Lipinski definition) is 1. The van der Waals surface area contributed by atoms with Gasteiger partial charge in [-0.05, 0) is 13.0 Å². The predicted octanol–water partition coefficient (Wildman–Crippen LogP) is 3.26. The molecular formula is C11H10ClNOS. The Morgan fingerprint density at radius 1 is 1.40 bits per heavy atom.